The van der Waals surface area contributed by atoms with E-state index in [1.165, 1.54) is 30.2 Å². The molecule has 0 fully saturated rings. The Hall–Kier alpha value is -2.20. The van der Waals surface area contributed by atoms with E-state index < -0.39 is 34.1 Å². The quantitative estimate of drug-likeness (QED) is 0.412. The van der Waals surface area contributed by atoms with Crippen molar-refractivity contribution in [2.24, 2.45) is 0 Å². The van der Waals surface area contributed by atoms with Crippen molar-refractivity contribution in [2.45, 2.75) is 52.2 Å². The fraction of sp³-hybridized carbons (Fsp3) is 0.440. The number of benzene rings is 2. The number of hydrogen-bond donors (Lipinski definition) is 1. The Morgan fingerprint density at radius 2 is 1.65 bits per heavy atom. The molecule has 0 aliphatic heterocycles. The highest BCUT2D eigenvalue weighted by Crippen LogP contribution is 2.31. The van der Waals surface area contributed by atoms with Gasteiger partial charge in [0.15, 0.2) is 0 Å². The molecule has 0 bridgehead atoms. The fourth-order valence-corrected chi connectivity index (χ4v) is 5.26. The van der Waals surface area contributed by atoms with Crippen LogP contribution in [0.3, 0.4) is 0 Å². The largest absolute Gasteiger partial charge is 0.495 e. The number of nitrogens with one attached hydrogen (secondary N) is 1. The zero-order valence-corrected chi connectivity index (χ0v) is 24.7. The number of carbonyl (C=O) groups excluding carboxylic acids is 2. The zero-order valence-electron chi connectivity index (χ0n) is 21.6. The molecule has 0 spiro atoms. The molecule has 0 aromatic heterocycles. The van der Waals surface area contributed by atoms with Crippen LogP contribution in [0.25, 0.3) is 0 Å². The highest BCUT2D eigenvalue weighted by Gasteiger charge is 2.34. The summed E-state index contributed by atoms with van der Waals surface area (Å²) in [4.78, 5) is 28.3. The van der Waals surface area contributed by atoms with E-state index in [0.717, 1.165) is 10.6 Å². The molecule has 1 atom stereocenters. The maximum absolute atomic E-state index is 13.8. The van der Waals surface area contributed by atoms with Gasteiger partial charge in [0, 0.05) is 27.7 Å². The van der Waals surface area contributed by atoms with E-state index in [2.05, 4.69) is 5.32 Å². The minimum atomic E-state index is -3.92. The number of anilines is 1. The third-order valence-corrected chi connectivity index (χ3v) is 7.52. The van der Waals surface area contributed by atoms with Gasteiger partial charge in [0.1, 0.15) is 18.3 Å². The molecule has 0 aliphatic rings. The van der Waals surface area contributed by atoms with Crippen molar-refractivity contribution in [3.05, 3.63) is 57.0 Å². The van der Waals surface area contributed by atoms with E-state index >= 15 is 0 Å². The number of halogens is 3. The van der Waals surface area contributed by atoms with E-state index in [4.69, 9.17) is 39.5 Å². The number of ether oxygens (including phenoxy) is 1. The number of rotatable bonds is 10. The molecule has 0 aliphatic carbocycles. The molecular weight excluding hydrogens is 561 g/mol. The monoisotopic (exact) mass is 591 g/mol. The molecule has 0 saturated heterocycles. The molecule has 1 unspecified atom stereocenters. The van der Waals surface area contributed by atoms with E-state index in [-0.39, 0.29) is 29.6 Å². The minimum Gasteiger partial charge on any atom is -0.495 e. The molecule has 0 radical (unpaired) electrons. The summed E-state index contributed by atoms with van der Waals surface area (Å²) in [5.74, 6) is -0.653. The second kappa shape index (κ2) is 12.6. The summed E-state index contributed by atoms with van der Waals surface area (Å²) in [6.07, 6.45) is 1.25. The van der Waals surface area contributed by atoms with Gasteiger partial charge in [0.05, 0.1) is 24.1 Å². The lowest BCUT2D eigenvalue weighted by molar-refractivity contribution is -0.141. The first-order valence-corrected chi connectivity index (χ1v) is 14.4. The molecule has 0 heterocycles. The van der Waals surface area contributed by atoms with Crippen LogP contribution in [0.4, 0.5) is 5.69 Å². The molecular formula is C25H32Cl3N3O5S. The lowest BCUT2D eigenvalue weighted by atomic mass is 10.1. The van der Waals surface area contributed by atoms with Crippen LogP contribution in [0, 0.1) is 0 Å². The van der Waals surface area contributed by atoms with E-state index in [0.29, 0.717) is 21.4 Å². The van der Waals surface area contributed by atoms with Crippen LogP contribution in [0.5, 0.6) is 5.75 Å². The van der Waals surface area contributed by atoms with E-state index in [9.17, 15) is 18.0 Å². The first-order valence-electron chi connectivity index (χ1n) is 11.4. The average molecular weight is 593 g/mol. The Balaban J connectivity index is 2.55. The van der Waals surface area contributed by atoms with Crippen molar-refractivity contribution in [2.75, 3.05) is 24.2 Å². The van der Waals surface area contributed by atoms with Crippen LogP contribution in [-0.4, -0.2) is 56.6 Å². The summed E-state index contributed by atoms with van der Waals surface area (Å²) in [5, 5.41) is 3.71. The molecule has 1 N–H and O–H groups in total. The van der Waals surface area contributed by atoms with Crippen LogP contribution < -0.4 is 14.4 Å². The van der Waals surface area contributed by atoms with Crippen LogP contribution in [0.1, 0.15) is 39.7 Å². The van der Waals surface area contributed by atoms with Gasteiger partial charge in [-0.2, -0.15) is 0 Å². The average Bonchev–Trinajstić information content (AvgIpc) is 2.77. The molecule has 2 amide bonds. The molecule has 2 rings (SSSR count). The summed E-state index contributed by atoms with van der Waals surface area (Å²) in [7, 11) is -2.49. The molecule has 0 saturated carbocycles. The number of sulfonamides is 1. The summed E-state index contributed by atoms with van der Waals surface area (Å²) in [5.41, 5.74) is 0.0593. The van der Waals surface area contributed by atoms with Gasteiger partial charge < -0.3 is 15.0 Å². The van der Waals surface area contributed by atoms with Gasteiger partial charge in [0.2, 0.25) is 21.8 Å². The Bertz CT molecular complexity index is 1230. The highest BCUT2D eigenvalue weighted by molar-refractivity contribution is 7.92. The summed E-state index contributed by atoms with van der Waals surface area (Å²) in [6, 6.07) is 8.40. The van der Waals surface area contributed by atoms with Crippen LogP contribution in [0.2, 0.25) is 15.1 Å². The smallest absolute Gasteiger partial charge is 0.244 e. The summed E-state index contributed by atoms with van der Waals surface area (Å²) < 4.78 is 31.6. The molecule has 2 aromatic carbocycles. The lowest BCUT2D eigenvalue weighted by Crippen LogP contribution is -2.55. The van der Waals surface area contributed by atoms with Gasteiger partial charge in [-0.25, -0.2) is 8.42 Å². The predicted molar refractivity (Wildman–Crippen MR) is 149 cm³/mol. The molecule has 2 aromatic rings. The van der Waals surface area contributed by atoms with Gasteiger partial charge in [0.25, 0.3) is 0 Å². The van der Waals surface area contributed by atoms with Crippen molar-refractivity contribution in [1.29, 1.82) is 0 Å². The summed E-state index contributed by atoms with van der Waals surface area (Å²) >= 11 is 19.0. The van der Waals surface area contributed by atoms with Crippen molar-refractivity contribution in [3.63, 3.8) is 0 Å². The van der Waals surface area contributed by atoms with Crippen LogP contribution in [0.15, 0.2) is 36.4 Å². The standard InChI is InChI=1S/C25H32Cl3N3O5S/c1-7-21(24(33)29-25(2,3)4)30(14-17-18(26)9-8-10-19(17)27)23(32)15-31(37(6,34)35)16-11-12-22(36-5)20(28)13-16/h8-13,21H,7,14-15H2,1-6H3,(H,29,33). The van der Waals surface area contributed by atoms with Crippen LogP contribution >= 0.6 is 34.8 Å². The first kappa shape index (κ1) is 31.0. The third kappa shape index (κ3) is 8.40. The lowest BCUT2D eigenvalue weighted by Gasteiger charge is -2.34. The van der Waals surface area contributed by atoms with Crippen LogP contribution in [-0.2, 0) is 26.2 Å². The molecule has 12 heteroatoms. The van der Waals surface area contributed by atoms with Gasteiger partial charge >= 0.3 is 0 Å². The SMILES string of the molecule is CCC(C(=O)NC(C)(C)C)N(Cc1c(Cl)cccc1Cl)C(=O)CN(c1ccc(OC)c(Cl)c1)S(C)(=O)=O. The van der Waals surface area contributed by atoms with Crippen molar-refractivity contribution in [1.82, 2.24) is 10.2 Å². The highest BCUT2D eigenvalue weighted by atomic mass is 35.5. The second-order valence-corrected chi connectivity index (χ2v) is 12.6. The number of nitrogens with zero attached hydrogens (tertiary/aromatic N) is 2. The fourth-order valence-electron chi connectivity index (χ4n) is 3.65. The van der Waals surface area contributed by atoms with Crippen molar-refractivity contribution in [3.8, 4) is 5.75 Å². The summed E-state index contributed by atoms with van der Waals surface area (Å²) in [6.45, 7) is 6.56. The minimum absolute atomic E-state index is 0.103. The zero-order chi connectivity index (χ0) is 28.1. The van der Waals surface area contributed by atoms with Gasteiger partial charge in [-0.05, 0) is 57.5 Å². The second-order valence-electron chi connectivity index (χ2n) is 9.47. The van der Waals surface area contributed by atoms with Crippen molar-refractivity contribution >= 4 is 62.3 Å². The van der Waals surface area contributed by atoms with Gasteiger partial charge in [-0.3, -0.25) is 13.9 Å². The Kier molecular flexibility index (Phi) is 10.5. The van der Waals surface area contributed by atoms with Crippen molar-refractivity contribution < 1.29 is 22.7 Å². The molecule has 37 heavy (non-hydrogen) atoms. The number of methoxy groups -OCH3 is 1. The number of carbonyl (C=O) groups is 2. The third-order valence-electron chi connectivity index (χ3n) is 5.38. The number of amides is 2. The van der Waals surface area contributed by atoms with Gasteiger partial charge in [-0.15, -0.1) is 0 Å². The Morgan fingerprint density at radius 1 is 1.05 bits per heavy atom. The first-order chi connectivity index (χ1) is 17.1. The normalized spacial score (nSPS) is 12.6. The topological polar surface area (TPSA) is 96.0 Å². The molecule has 8 nitrogen and oxygen atoms in total. The molecule has 204 valence electrons. The van der Waals surface area contributed by atoms with E-state index in [1.807, 2.05) is 20.8 Å². The predicted octanol–water partition coefficient (Wildman–Crippen LogP) is 5.14. The van der Waals surface area contributed by atoms with Gasteiger partial charge in [-0.1, -0.05) is 47.8 Å². The van der Waals surface area contributed by atoms with E-state index in [1.54, 1.807) is 25.1 Å². The maximum atomic E-state index is 13.8. The number of hydrogen-bond acceptors (Lipinski definition) is 5. The maximum Gasteiger partial charge on any atom is 0.244 e. The Morgan fingerprint density at radius 3 is 2.11 bits per heavy atom. The Labute approximate surface area is 233 Å².